The third-order valence-corrected chi connectivity index (χ3v) is 8.46. The lowest BCUT2D eigenvalue weighted by molar-refractivity contribution is -0.378. The summed E-state index contributed by atoms with van der Waals surface area (Å²) in [7, 11) is 0. The molecule has 0 aromatic rings. The van der Waals surface area contributed by atoms with Crippen molar-refractivity contribution >= 4 is 35.7 Å². The third kappa shape index (κ3) is 127. The third-order valence-electron chi connectivity index (χ3n) is 8.46. The molecule has 0 bridgehead atoms. The van der Waals surface area contributed by atoms with E-state index in [2.05, 4.69) is 76.5 Å². The molecule has 0 radical (unpaired) electrons. The normalized spacial score (nSPS) is 9.85. The molecule has 424 valence electrons. The lowest BCUT2D eigenvalue weighted by Gasteiger charge is -2.09. The van der Waals surface area contributed by atoms with Crippen molar-refractivity contribution in [3.05, 3.63) is 0 Å². The van der Waals surface area contributed by atoms with Gasteiger partial charge in [-0.25, -0.2) is 0 Å². The van der Waals surface area contributed by atoms with E-state index in [1.165, 1.54) is 26.7 Å². The summed E-state index contributed by atoms with van der Waals surface area (Å²) in [6, 6.07) is 0. The Bertz CT molecular complexity index is 905. The summed E-state index contributed by atoms with van der Waals surface area (Å²) in [6.07, 6.45) is 10.7. The zero-order valence-electron chi connectivity index (χ0n) is 36.6. The first-order valence-corrected chi connectivity index (χ1v) is 20.6. The van der Waals surface area contributed by atoms with Crippen LogP contribution in [0.15, 0.2) is 0 Å². The molecule has 4 atom stereocenters. The van der Waals surface area contributed by atoms with E-state index in [9.17, 15) is 33.9 Å². The van der Waals surface area contributed by atoms with Crippen LogP contribution in [0.2, 0.25) is 0 Å². The fourth-order valence-electron chi connectivity index (χ4n) is 3.36. The molecular weight excluding hydrogens is 853 g/mol. The summed E-state index contributed by atoms with van der Waals surface area (Å²) in [4.78, 5) is 63.4. The van der Waals surface area contributed by atoms with Gasteiger partial charge in [0.05, 0.1) is 19.8 Å². The highest BCUT2D eigenvalue weighted by atomic mass is 16.5. The van der Waals surface area contributed by atoms with Crippen LogP contribution in [-0.2, 0) is 38.2 Å². The molecule has 0 aromatic carbocycles. The monoisotopic (exact) mass is 985 g/mol. The molecule has 14 heteroatoms. The van der Waals surface area contributed by atoms with Crippen LogP contribution in [0.3, 0.4) is 0 Å². The van der Waals surface area contributed by atoms with Crippen LogP contribution in [0.25, 0.3) is 0 Å². The van der Waals surface area contributed by atoms with Gasteiger partial charge < -0.3 is 46.6 Å². The summed E-state index contributed by atoms with van der Waals surface area (Å²) in [6.45, 7) is 24.0. The Balaban J connectivity index is -0.0000000310. The van der Waals surface area contributed by atoms with Gasteiger partial charge in [-0.05, 0) is 82.1 Å². The van der Waals surface area contributed by atoms with Gasteiger partial charge in [0.25, 0.3) is 0 Å². The van der Waals surface area contributed by atoms with Crippen molar-refractivity contribution in [3.63, 3.8) is 0 Å². The molecule has 0 fully saturated rings. The topological polar surface area (TPSA) is 242 Å². The SMILES string of the molecule is C.C.C.C.C.C.C.C.C.C.C.C.CC(=O)OCCCCCC(=O)[O-].CCC(C)CN.CCC(C)CNC(=O)CCCC(=O)O.CCC(C)CNC(=O)CCCCCOC(C)=O.CCC(C)C[NH3+]. The molecule has 0 heterocycles. The lowest BCUT2D eigenvalue weighted by Crippen LogP contribution is -2.52. The van der Waals surface area contributed by atoms with Crippen LogP contribution >= 0.6 is 0 Å². The van der Waals surface area contributed by atoms with Crippen LogP contribution < -0.4 is 27.2 Å². The van der Waals surface area contributed by atoms with E-state index in [4.69, 9.17) is 15.6 Å². The highest BCUT2D eigenvalue weighted by Gasteiger charge is 2.06. The maximum absolute atomic E-state index is 11.4. The highest BCUT2D eigenvalue weighted by Crippen LogP contribution is 2.03. The van der Waals surface area contributed by atoms with Gasteiger partial charge in [0.1, 0.15) is 0 Å². The molecule has 4 unspecified atom stereocenters. The average molecular weight is 986 g/mol. The maximum Gasteiger partial charge on any atom is 0.303 e. The van der Waals surface area contributed by atoms with E-state index in [1.807, 2.05) is 0 Å². The van der Waals surface area contributed by atoms with Crippen molar-refractivity contribution < 1.29 is 54.2 Å². The van der Waals surface area contributed by atoms with Crippen LogP contribution in [0.1, 0.15) is 255 Å². The van der Waals surface area contributed by atoms with Crippen molar-refractivity contribution in [2.24, 2.45) is 29.4 Å². The van der Waals surface area contributed by atoms with Crippen LogP contribution in [0.4, 0.5) is 0 Å². The zero-order chi connectivity index (χ0) is 43.5. The summed E-state index contributed by atoms with van der Waals surface area (Å²) in [5, 5.41) is 24.0. The van der Waals surface area contributed by atoms with Crippen molar-refractivity contribution in [1.82, 2.24) is 10.6 Å². The number of hydrogen-bond donors (Lipinski definition) is 5. The molecule has 0 rings (SSSR count). The summed E-state index contributed by atoms with van der Waals surface area (Å²) >= 11 is 0. The molecule has 0 aliphatic heterocycles. The Hall–Kier alpha value is -3.26. The number of nitrogens with one attached hydrogen (secondary N) is 2. The van der Waals surface area contributed by atoms with E-state index in [1.54, 1.807) is 0 Å². The van der Waals surface area contributed by atoms with Gasteiger partial charge in [-0.15, -0.1) is 0 Å². The quantitative estimate of drug-likeness (QED) is 0.0403. The molecule has 0 saturated heterocycles. The molecular formula is C53H132N4O10. The number of carbonyl (C=O) groups excluding carboxylic acids is 5. The average Bonchev–Trinajstić information content (AvgIpc) is 3.15. The van der Waals surface area contributed by atoms with Gasteiger partial charge in [-0.1, -0.05) is 164 Å². The van der Waals surface area contributed by atoms with Crippen LogP contribution in [0.5, 0.6) is 0 Å². The Labute approximate surface area is 422 Å². The number of quaternary nitrogens is 1. The second-order valence-corrected chi connectivity index (χ2v) is 14.1. The van der Waals surface area contributed by atoms with Crippen molar-refractivity contribution in [2.45, 2.75) is 255 Å². The summed E-state index contributed by atoms with van der Waals surface area (Å²) in [5.74, 6) is 0.231. The standard InChI is InChI=1S/C13H25NO3.C10H19NO3.C8H14O4.2C5H13N.12CH4/c1-4-11(2)10-14-13(16)8-6-5-7-9-17-12(3)15;1-3-8(2)7-11-9(12)5-4-6-10(13)14;1-7(9)12-6-4-2-3-5-8(10)11;2*1-3-5(2)4-6;;;;;;;;;;;;/h11H,4-10H2,1-3H3,(H,14,16);8H,3-7H2,1-2H3,(H,11,12)(H,13,14);2-6H2,1H3,(H,10,11);2*5H,3-4,6H2,1-2H3;12*1H4. The number of carboxylic acid groups (broad SMARTS) is 2. The van der Waals surface area contributed by atoms with Gasteiger partial charge in [-0.2, -0.15) is 0 Å². The number of rotatable bonds is 26. The van der Waals surface area contributed by atoms with Crippen molar-refractivity contribution in [1.29, 1.82) is 0 Å². The number of aliphatic carboxylic acids is 2. The molecule has 0 spiro atoms. The number of nitrogens with two attached hydrogens (primary N) is 1. The van der Waals surface area contributed by atoms with Gasteiger partial charge in [0.2, 0.25) is 11.8 Å². The van der Waals surface area contributed by atoms with Crippen molar-refractivity contribution in [2.75, 3.05) is 39.4 Å². The smallest absolute Gasteiger partial charge is 0.303 e. The van der Waals surface area contributed by atoms with E-state index in [0.29, 0.717) is 69.6 Å². The summed E-state index contributed by atoms with van der Waals surface area (Å²) < 4.78 is 9.45. The molecule has 67 heavy (non-hydrogen) atoms. The minimum atomic E-state index is -1.03. The fourth-order valence-corrected chi connectivity index (χ4v) is 3.36. The number of hydrogen-bond acceptors (Lipinski definition) is 10. The Morgan fingerprint density at radius 1 is 0.507 bits per heavy atom. The second kappa shape index (κ2) is 89.3. The first kappa shape index (κ1) is 115. The van der Waals surface area contributed by atoms with Gasteiger partial charge in [-0.3, -0.25) is 24.0 Å². The Morgan fingerprint density at radius 2 is 0.821 bits per heavy atom. The molecule has 14 nitrogen and oxygen atoms in total. The molecule has 0 saturated carbocycles. The lowest BCUT2D eigenvalue weighted by atomic mass is 10.1. The largest absolute Gasteiger partial charge is 0.550 e. The minimum absolute atomic E-state index is 0. The highest BCUT2D eigenvalue weighted by molar-refractivity contribution is 5.76. The van der Waals surface area contributed by atoms with E-state index >= 15 is 0 Å². The van der Waals surface area contributed by atoms with E-state index < -0.39 is 11.9 Å². The molecule has 0 aromatic heterocycles. The minimum Gasteiger partial charge on any atom is -0.550 e. The Kier molecular flexibility index (Phi) is 153. The Morgan fingerprint density at radius 3 is 1.04 bits per heavy atom. The number of carbonyl (C=O) groups is 6. The number of unbranched alkanes of at least 4 members (excludes halogenated alkanes) is 4. The van der Waals surface area contributed by atoms with Crippen LogP contribution in [0, 0.1) is 23.7 Å². The molecule has 2 amide bonds. The maximum atomic E-state index is 11.4. The second-order valence-electron chi connectivity index (χ2n) is 14.1. The molecule has 8 N–H and O–H groups in total. The van der Waals surface area contributed by atoms with Crippen LogP contribution in [-0.4, -0.2) is 80.2 Å². The zero-order valence-corrected chi connectivity index (χ0v) is 36.6. The predicted octanol–water partition coefficient (Wildman–Crippen LogP) is 12.4. The first-order chi connectivity index (χ1) is 25.9. The number of ether oxygens (including phenoxy) is 2. The first-order valence-electron chi connectivity index (χ1n) is 20.6. The van der Waals surface area contributed by atoms with Gasteiger partial charge >= 0.3 is 17.9 Å². The number of carboxylic acids is 2. The number of amides is 2. The predicted molar refractivity (Wildman–Crippen MR) is 298 cm³/mol. The summed E-state index contributed by atoms with van der Waals surface area (Å²) in [5.41, 5.74) is 9.04. The molecule has 0 aliphatic rings. The van der Waals surface area contributed by atoms with Gasteiger partial charge in [0.15, 0.2) is 0 Å². The fraction of sp³-hybridized carbons (Fsp3) is 0.887. The van der Waals surface area contributed by atoms with E-state index in [-0.39, 0.29) is 126 Å². The van der Waals surface area contributed by atoms with Crippen molar-refractivity contribution in [3.8, 4) is 0 Å². The molecule has 0 aliphatic carbocycles. The number of esters is 2. The van der Waals surface area contributed by atoms with Gasteiger partial charge in [0, 0.05) is 58.1 Å². The van der Waals surface area contributed by atoms with E-state index in [0.717, 1.165) is 64.1 Å².